The summed E-state index contributed by atoms with van der Waals surface area (Å²) >= 11 is 0. The zero-order chi connectivity index (χ0) is 23.3. The van der Waals surface area contributed by atoms with Crippen LogP contribution in [0.1, 0.15) is 73.0 Å². The molecule has 0 saturated heterocycles. The van der Waals surface area contributed by atoms with E-state index in [9.17, 15) is 9.59 Å². The van der Waals surface area contributed by atoms with Gasteiger partial charge in [0.15, 0.2) is 5.78 Å². The summed E-state index contributed by atoms with van der Waals surface area (Å²) < 4.78 is 0. The molecule has 174 valence electrons. The van der Waals surface area contributed by atoms with Crippen molar-refractivity contribution in [2.45, 2.75) is 58.9 Å². The van der Waals surface area contributed by atoms with Crippen molar-refractivity contribution < 1.29 is 9.59 Å². The van der Waals surface area contributed by atoms with E-state index in [4.69, 9.17) is 0 Å². The van der Waals surface area contributed by atoms with Crippen molar-refractivity contribution in [2.75, 3.05) is 0 Å². The van der Waals surface area contributed by atoms with E-state index in [1.165, 1.54) is 31.2 Å². The van der Waals surface area contributed by atoms with Crippen molar-refractivity contribution in [1.29, 1.82) is 0 Å². The summed E-state index contributed by atoms with van der Waals surface area (Å²) in [6.07, 6.45) is 10.8. The summed E-state index contributed by atoms with van der Waals surface area (Å²) in [5.41, 5.74) is 5.70. The summed E-state index contributed by atoms with van der Waals surface area (Å²) in [6, 6.07) is 16.1. The smallest absolute Gasteiger partial charge is 0.220 e. The van der Waals surface area contributed by atoms with Gasteiger partial charge in [-0.15, -0.1) is 0 Å². The summed E-state index contributed by atoms with van der Waals surface area (Å²) in [4.78, 5) is 26.3. The van der Waals surface area contributed by atoms with Crippen LogP contribution in [0.3, 0.4) is 0 Å². The zero-order valence-electron chi connectivity index (χ0n) is 20.2. The second kappa shape index (κ2) is 6.50. The molecule has 6 atom stereocenters. The molecule has 0 heterocycles. The Bertz CT molecular complexity index is 1250. The lowest BCUT2D eigenvalue weighted by Gasteiger charge is -2.99. The molecule has 2 aromatic rings. The molecule has 6 unspecified atom stereocenters. The molecule has 0 aromatic heterocycles. The van der Waals surface area contributed by atoms with Crippen LogP contribution in [0.25, 0.3) is 6.08 Å². The van der Waals surface area contributed by atoms with Gasteiger partial charge in [0.1, 0.15) is 0 Å². The lowest BCUT2D eigenvalue weighted by molar-refractivity contribution is -0.512. The SMILES string of the molecule is CC12CC3CC4(CC(=O)NCc5cccc6c5C=CC(Cc5ccccc5)C6=O)CC(C)(C1)C324. The van der Waals surface area contributed by atoms with Gasteiger partial charge in [-0.2, -0.15) is 0 Å². The number of benzene rings is 2. The summed E-state index contributed by atoms with van der Waals surface area (Å²) in [6.45, 7) is 5.44. The van der Waals surface area contributed by atoms with Crippen LogP contribution in [0.5, 0.6) is 0 Å². The highest BCUT2D eigenvalue weighted by Gasteiger charge is 2.95. The van der Waals surface area contributed by atoms with Gasteiger partial charge >= 0.3 is 0 Å². The van der Waals surface area contributed by atoms with Gasteiger partial charge in [-0.1, -0.05) is 74.5 Å². The molecule has 7 rings (SSSR count). The van der Waals surface area contributed by atoms with Crippen molar-refractivity contribution in [1.82, 2.24) is 5.32 Å². The number of allylic oxidation sites excluding steroid dienone is 1. The molecule has 3 heteroatoms. The van der Waals surface area contributed by atoms with E-state index in [1.807, 2.05) is 42.5 Å². The van der Waals surface area contributed by atoms with Gasteiger partial charge in [-0.25, -0.2) is 0 Å². The Morgan fingerprint density at radius 1 is 1.00 bits per heavy atom. The van der Waals surface area contributed by atoms with Gasteiger partial charge in [-0.3, -0.25) is 9.59 Å². The average Bonchev–Trinajstić information content (AvgIpc) is 2.78. The molecule has 1 N–H and O–H groups in total. The van der Waals surface area contributed by atoms with Gasteiger partial charge in [0.25, 0.3) is 0 Å². The molecule has 2 aromatic carbocycles. The minimum atomic E-state index is -0.128. The third-order valence-electron chi connectivity index (χ3n) is 10.8. The predicted octanol–water partition coefficient (Wildman–Crippen LogP) is 5.98. The predicted molar refractivity (Wildman–Crippen MR) is 133 cm³/mol. The number of amides is 1. The number of Topliss-reactive ketones (excluding diaryl/α,β-unsaturated/α-hetero) is 1. The first-order valence-electron chi connectivity index (χ1n) is 13.0. The number of rotatable bonds is 6. The molecule has 34 heavy (non-hydrogen) atoms. The van der Waals surface area contributed by atoms with E-state index >= 15 is 0 Å². The minimum absolute atomic E-state index is 0.128. The standard InChI is InChI=1S/C31H33NO2/c1-28-14-23-15-30(19-29(2,18-28)31(23,28)30)16-26(33)32-17-22-9-6-10-25-24(22)12-11-21(27(25)34)13-20-7-4-3-5-8-20/h3-12,21,23H,13-19H2,1-2H3,(H,32,33). The Hall–Kier alpha value is -2.68. The van der Waals surface area contributed by atoms with E-state index in [-0.39, 0.29) is 23.0 Å². The fraction of sp³-hybridized carbons (Fsp3) is 0.484. The van der Waals surface area contributed by atoms with E-state index in [1.54, 1.807) is 0 Å². The summed E-state index contributed by atoms with van der Waals surface area (Å²) in [5, 5.41) is 3.22. The number of carbonyl (C=O) groups is 2. The molecule has 5 aliphatic carbocycles. The Morgan fingerprint density at radius 3 is 2.56 bits per heavy atom. The number of nitrogens with one attached hydrogen (secondary N) is 1. The highest BCUT2D eigenvalue weighted by molar-refractivity contribution is 6.05. The van der Waals surface area contributed by atoms with Crippen molar-refractivity contribution in [3.05, 3.63) is 76.9 Å². The van der Waals surface area contributed by atoms with Crippen molar-refractivity contribution >= 4 is 17.8 Å². The Morgan fingerprint density at radius 2 is 1.82 bits per heavy atom. The monoisotopic (exact) mass is 451 g/mol. The third-order valence-corrected chi connectivity index (χ3v) is 10.8. The normalized spacial score (nSPS) is 39.9. The van der Waals surface area contributed by atoms with Crippen LogP contribution in [0, 0.1) is 33.5 Å². The van der Waals surface area contributed by atoms with Crippen molar-refractivity contribution in [3.63, 3.8) is 0 Å². The maximum Gasteiger partial charge on any atom is 0.220 e. The quantitative estimate of drug-likeness (QED) is 0.587. The van der Waals surface area contributed by atoms with Gasteiger partial charge in [0, 0.05) is 24.4 Å². The zero-order valence-corrected chi connectivity index (χ0v) is 20.2. The fourth-order valence-electron chi connectivity index (χ4n) is 10.6. The minimum Gasteiger partial charge on any atom is -0.352 e. The average molecular weight is 452 g/mol. The lowest BCUT2D eigenvalue weighted by Crippen LogP contribution is -2.93. The number of fused-ring (bicyclic) bond motifs is 1. The highest BCUT2D eigenvalue weighted by Crippen LogP contribution is 3.02. The second-order valence-electron chi connectivity index (χ2n) is 12.5. The topological polar surface area (TPSA) is 46.2 Å². The fourth-order valence-corrected chi connectivity index (χ4v) is 10.6. The largest absolute Gasteiger partial charge is 0.352 e. The first-order chi connectivity index (χ1) is 16.3. The van der Waals surface area contributed by atoms with Gasteiger partial charge in [0.2, 0.25) is 5.91 Å². The van der Waals surface area contributed by atoms with Crippen LogP contribution in [0.15, 0.2) is 54.6 Å². The van der Waals surface area contributed by atoms with Crippen LogP contribution in [-0.4, -0.2) is 11.7 Å². The molecule has 0 radical (unpaired) electrons. The van der Waals surface area contributed by atoms with Crippen LogP contribution in [0.4, 0.5) is 0 Å². The Balaban J connectivity index is 1.03. The molecule has 1 amide bonds. The summed E-state index contributed by atoms with van der Waals surface area (Å²) in [5.74, 6) is 1.11. The van der Waals surface area contributed by atoms with E-state index in [0.29, 0.717) is 29.2 Å². The number of hydrogen-bond donors (Lipinski definition) is 1. The van der Waals surface area contributed by atoms with Crippen LogP contribution >= 0.6 is 0 Å². The third kappa shape index (κ3) is 2.29. The van der Waals surface area contributed by atoms with Crippen molar-refractivity contribution in [3.8, 4) is 0 Å². The van der Waals surface area contributed by atoms with E-state index in [0.717, 1.165) is 29.0 Å². The first kappa shape index (κ1) is 20.7. The highest BCUT2D eigenvalue weighted by atomic mass is 16.1. The van der Waals surface area contributed by atoms with Gasteiger partial charge < -0.3 is 5.32 Å². The molecule has 0 aliphatic heterocycles. The number of carbonyl (C=O) groups excluding carboxylic acids is 2. The van der Waals surface area contributed by atoms with Crippen LogP contribution in [-0.2, 0) is 17.8 Å². The first-order valence-corrected chi connectivity index (χ1v) is 13.0. The van der Waals surface area contributed by atoms with Gasteiger partial charge in [0.05, 0.1) is 0 Å². The number of hydrogen-bond acceptors (Lipinski definition) is 2. The van der Waals surface area contributed by atoms with Gasteiger partial charge in [-0.05, 0) is 76.4 Å². The van der Waals surface area contributed by atoms with Crippen molar-refractivity contribution in [2.24, 2.45) is 33.5 Å². The van der Waals surface area contributed by atoms with E-state index < -0.39 is 0 Å². The Labute approximate surface area is 202 Å². The maximum atomic E-state index is 13.2. The molecule has 4 saturated carbocycles. The molecule has 0 bridgehead atoms. The summed E-state index contributed by atoms with van der Waals surface area (Å²) in [7, 11) is 0. The molecule has 5 aliphatic rings. The molecule has 4 fully saturated rings. The molecular weight excluding hydrogens is 418 g/mol. The molecule has 1 spiro atoms. The molecular formula is C31H33NO2. The van der Waals surface area contributed by atoms with Crippen LogP contribution < -0.4 is 5.32 Å². The van der Waals surface area contributed by atoms with Crippen LogP contribution in [0.2, 0.25) is 0 Å². The van der Waals surface area contributed by atoms with E-state index in [2.05, 4.69) is 37.4 Å². The second-order valence-corrected chi connectivity index (χ2v) is 12.5. The molecule has 3 nitrogen and oxygen atoms in total. The maximum absolute atomic E-state index is 13.2. The number of ketones is 1. The Kier molecular flexibility index (Phi) is 3.95. The lowest BCUT2D eigenvalue weighted by atomic mass is 9.04.